The average molecular weight is 368 g/mol. The number of hydrogen-bond acceptors (Lipinski definition) is 3. The maximum atomic E-state index is 12.8. The van der Waals surface area contributed by atoms with E-state index in [9.17, 15) is 9.59 Å². The van der Waals surface area contributed by atoms with E-state index in [2.05, 4.69) is 12.2 Å². The molecule has 0 saturated heterocycles. The highest BCUT2D eigenvalue weighted by atomic mass is 16.5. The molecule has 0 aliphatic rings. The molecule has 27 heavy (non-hydrogen) atoms. The van der Waals surface area contributed by atoms with Gasteiger partial charge in [0.2, 0.25) is 5.91 Å². The number of nitrogens with zero attached hydrogens (tertiary/aromatic N) is 1. The van der Waals surface area contributed by atoms with Crippen LogP contribution in [-0.4, -0.2) is 43.5 Å². The van der Waals surface area contributed by atoms with Crippen LogP contribution in [0.2, 0.25) is 0 Å². The molecule has 144 valence electrons. The minimum atomic E-state index is -0.224. The molecule has 5 nitrogen and oxygen atoms in total. The largest absolute Gasteiger partial charge is 0.383 e. The second-order valence-electron chi connectivity index (χ2n) is 6.57. The van der Waals surface area contributed by atoms with Crippen LogP contribution in [0.1, 0.15) is 34.0 Å². The lowest BCUT2D eigenvalue weighted by Crippen LogP contribution is -2.40. The number of aryl methyl sites for hydroxylation is 2. The van der Waals surface area contributed by atoms with Gasteiger partial charge in [0.1, 0.15) is 6.54 Å². The summed E-state index contributed by atoms with van der Waals surface area (Å²) in [6.07, 6.45) is 0.917. The van der Waals surface area contributed by atoms with Crippen molar-refractivity contribution in [1.82, 2.24) is 4.90 Å². The molecule has 0 radical (unpaired) electrons. The topological polar surface area (TPSA) is 58.6 Å². The Bertz CT molecular complexity index is 785. The van der Waals surface area contributed by atoms with E-state index in [0.717, 1.165) is 23.2 Å². The molecule has 2 aromatic rings. The van der Waals surface area contributed by atoms with Crippen LogP contribution in [0.15, 0.2) is 42.5 Å². The van der Waals surface area contributed by atoms with Crippen LogP contribution in [-0.2, 0) is 16.0 Å². The number of amides is 2. The number of anilines is 1. The zero-order chi connectivity index (χ0) is 19.8. The van der Waals surface area contributed by atoms with Crippen LogP contribution >= 0.6 is 0 Å². The first-order valence-electron chi connectivity index (χ1n) is 9.19. The standard InChI is InChI=1S/C22H28N2O3/c1-5-18-9-11-19(12-10-18)22(26)24(13-14-27-4)15-21(25)23-20-8-6-7-16(2)17(20)3/h6-12H,5,13-15H2,1-4H3,(H,23,25). The van der Waals surface area contributed by atoms with E-state index in [1.54, 1.807) is 7.11 Å². The molecule has 2 rings (SSSR count). The number of rotatable bonds is 8. The van der Waals surface area contributed by atoms with Gasteiger partial charge in [-0.1, -0.05) is 31.2 Å². The van der Waals surface area contributed by atoms with E-state index >= 15 is 0 Å². The van der Waals surface area contributed by atoms with Gasteiger partial charge in [0.05, 0.1) is 6.61 Å². The molecule has 2 aromatic carbocycles. The fraction of sp³-hybridized carbons (Fsp3) is 0.364. The Balaban J connectivity index is 2.11. The van der Waals surface area contributed by atoms with Crippen molar-refractivity contribution in [2.45, 2.75) is 27.2 Å². The van der Waals surface area contributed by atoms with Gasteiger partial charge in [-0.2, -0.15) is 0 Å². The first-order valence-corrected chi connectivity index (χ1v) is 9.19. The molecule has 0 aliphatic heterocycles. The Morgan fingerprint density at radius 3 is 2.41 bits per heavy atom. The third-order valence-electron chi connectivity index (χ3n) is 4.67. The van der Waals surface area contributed by atoms with Gasteiger partial charge >= 0.3 is 0 Å². The maximum absolute atomic E-state index is 12.8. The number of hydrogen-bond donors (Lipinski definition) is 1. The fourth-order valence-corrected chi connectivity index (χ4v) is 2.77. The number of nitrogens with one attached hydrogen (secondary N) is 1. The van der Waals surface area contributed by atoms with Crippen molar-refractivity contribution >= 4 is 17.5 Å². The lowest BCUT2D eigenvalue weighted by Gasteiger charge is -2.22. The van der Waals surface area contributed by atoms with Crippen molar-refractivity contribution in [1.29, 1.82) is 0 Å². The quantitative estimate of drug-likeness (QED) is 0.775. The van der Waals surface area contributed by atoms with E-state index in [4.69, 9.17) is 4.74 Å². The number of benzene rings is 2. The number of carbonyl (C=O) groups excluding carboxylic acids is 2. The van der Waals surface area contributed by atoms with Gasteiger partial charge in [-0.25, -0.2) is 0 Å². The first kappa shape index (κ1) is 20.6. The van der Waals surface area contributed by atoms with Gasteiger partial charge in [-0.15, -0.1) is 0 Å². The predicted octanol–water partition coefficient (Wildman–Crippen LogP) is 3.59. The molecule has 2 amide bonds. The highest BCUT2D eigenvalue weighted by Gasteiger charge is 2.19. The SMILES string of the molecule is CCc1ccc(C(=O)N(CCOC)CC(=O)Nc2cccc(C)c2C)cc1. The normalized spacial score (nSPS) is 10.5. The lowest BCUT2D eigenvalue weighted by atomic mass is 10.1. The van der Waals surface area contributed by atoms with Gasteiger partial charge in [0.25, 0.3) is 5.91 Å². The molecule has 0 spiro atoms. The van der Waals surface area contributed by atoms with Gasteiger partial charge < -0.3 is 15.0 Å². The number of methoxy groups -OCH3 is 1. The summed E-state index contributed by atoms with van der Waals surface area (Å²) >= 11 is 0. The lowest BCUT2D eigenvalue weighted by molar-refractivity contribution is -0.117. The van der Waals surface area contributed by atoms with Crippen LogP contribution in [0.25, 0.3) is 0 Å². The second kappa shape index (κ2) is 9.88. The van der Waals surface area contributed by atoms with Crippen LogP contribution < -0.4 is 5.32 Å². The molecule has 0 atom stereocenters. The van der Waals surface area contributed by atoms with Crippen LogP contribution in [0.5, 0.6) is 0 Å². The minimum Gasteiger partial charge on any atom is -0.383 e. The number of carbonyl (C=O) groups is 2. The Kier molecular flexibility index (Phi) is 7.55. The Hall–Kier alpha value is -2.66. The van der Waals surface area contributed by atoms with Crippen molar-refractivity contribution < 1.29 is 14.3 Å². The fourth-order valence-electron chi connectivity index (χ4n) is 2.77. The van der Waals surface area contributed by atoms with Crippen molar-refractivity contribution in [3.63, 3.8) is 0 Å². The molecule has 0 aliphatic carbocycles. The zero-order valence-corrected chi connectivity index (χ0v) is 16.5. The van der Waals surface area contributed by atoms with E-state index < -0.39 is 0 Å². The summed E-state index contributed by atoms with van der Waals surface area (Å²) in [5, 5.41) is 2.91. The Morgan fingerprint density at radius 2 is 1.78 bits per heavy atom. The minimum absolute atomic E-state index is 0.0227. The summed E-state index contributed by atoms with van der Waals surface area (Å²) in [5.41, 5.74) is 4.64. The molecule has 0 bridgehead atoms. The molecule has 0 aromatic heterocycles. The van der Waals surface area contributed by atoms with E-state index in [-0.39, 0.29) is 18.4 Å². The van der Waals surface area contributed by atoms with Crippen LogP contribution in [0.3, 0.4) is 0 Å². The zero-order valence-electron chi connectivity index (χ0n) is 16.5. The summed E-state index contributed by atoms with van der Waals surface area (Å²) in [6.45, 7) is 6.73. The Labute approximate surface area is 161 Å². The third kappa shape index (κ3) is 5.66. The van der Waals surface area contributed by atoms with E-state index in [0.29, 0.717) is 18.7 Å². The van der Waals surface area contributed by atoms with Crippen molar-refractivity contribution in [3.05, 3.63) is 64.7 Å². The summed E-state index contributed by atoms with van der Waals surface area (Å²) in [7, 11) is 1.58. The first-order chi connectivity index (χ1) is 13.0. The number of ether oxygens (including phenoxy) is 1. The molecular formula is C22H28N2O3. The smallest absolute Gasteiger partial charge is 0.254 e. The average Bonchev–Trinajstić information content (AvgIpc) is 2.68. The summed E-state index contributed by atoms with van der Waals surface area (Å²) < 4.78 is 5.10. The third-order valence-corrected chi connectivity index (χ3v) is 4.67. The van der Waals surface area contributed by atoms with Gasteiger partial charge in [0, 0.05) is 24.9 Å². The summed E-state index contributed by atoms with van der Waals surface area (Å²) in [5.74, 6) is -0.399. The van der Waals surface area contributed by atoms with E-state index in [1.807, 2.05) is 56.3 Å². The summed E-state index contributed by atoms with van der Waals surface area (Å²) in [4.78, 5) is 26.9. The molecular weight excluding hydrogens is 340 g/mol. The molecule has 0 unspecified atom stereocenters. The second-order valence-corrected chi connectivity index (χ2v) is 6.57. The highest BCUT2D eigenvalue weighted by molar-refractivity contribution is 5.99. The van der Waals surface area contributed by atoms with Gasteiger partial charge in [-0.05, 0) is 55.2 Å². The molecule has 1 N–H and O–H groups in total. The molecule has 5 heteroatoms. The van der Waals surface area contributed by atoms with Gasteiger partial charge in [-0.3, -0.25) is 9.59 Å². The van der Waals surface area contributed by atoms with Crippen molar-refractivity contribution in [3.8, 4) is 0 Å². The molecule has 0 heterocycles. The maximum Gasteiger partial charge on any atom is 0.254 e. The van der Waals surface area contributed by atoms with Crippen LogP contribution in [0, 0.1) is 13.8 Å². The molecule has 0 saturated carbocycles. The highest BCUT2D eigenvalue weighted by Crippen LogP contribution is 2.18. The van der Waals surface area contributed by atoms with Crippen LogP contribution in [0.4, 0.5) is 5.69 Å². The Morgan fingerprint density at radius 1 is 1.07 bits per heavy atom. The molecule has 0 fully saturated rings. The van der Waals surface area contributed by atoms with E-state index in [1.165, 1.54) is 10.5 Å². The summed E-state index contributed by atoms with van der Waals surface area (Å²) in [6, 6.07) is 13.3. The van der Waals surface area contributed by atoms with Gasteiger partial charge in [0.15, 0.2) is 0 Å². The monoisotopic (exact) mass is 368 g/mol. The van der Waals surface area contributed by atoms with Crippen molar-refractivity contribution in [2.24, 2.45) is 0 Å². The van der Waals surface area contributed by atoms with Crippen molar-refractivity contribution in [2.75, 3.05) is 32.1 Å². The predicted molar refractivity (Wildman–Crippen MR) is 108 cm³/mol.